The van der Waals surface area contributed by atoms with Gasteiger partial charge in [-0.15, -0.1) is 0 Å². The van der Waals surface area contributed by atoms with E-state index in [1.807, 2.05) is 0 Å². The van der Waals surface area contributed by atoms with E-state index in [4.69, 9.17) is 0 Å². The van der Waals surface area contributed by atoms with Crippen LogP contribution >= 0.6 is 0 Å². The van der Waals surface area contributed by atoms with Crippen molar-refractivity contribution in [2.45, 2.75) is 11.8 Å². The van der Waals surface area contributed by atoms with E-state index in [-0.39, 0.29) is 5.41 Å². The summed E-state index contributed by atoms with van der Waals surface area (Å²) in [5, 5.41) is 2.51. The van der Waals surface area contributed by atoms with Crippen molar-refractivity contribution in [1.29, 1.82) is 0 Å². The second-order valence-corrected chi connectivity index (χ2v) is 13.6. The van der Waals surface area contributed by atoms with E-state index >= 15 is 0 Å². The van der Waals surface area contributed by atoms with Gasteiger partial charge in [0.05, 0.1) is 11.1 Å². The molecule has 0 fully saturated rings. The zero-order valence-electron chi connectivity index (χ0n) is 26.9. The zero-order chi connectivity index (χ0) is 32.1. The summed E-state index contributed by atoms with van der Waals surface area (Å²) in [5.41, 5.74) is 19.7. The molecule has 0 saturated heterocycles. The van der Waals surface area contributed by atoms with E-state index < -0.39 is 0 Å². The average molecular weight is 622 g/mol. The maximum absolute atomic E-state index is 2.52. The maximum Gasteiger partial charge on any atom is 0.0698 e. The molecule has 0 saturated carbocycles. The number of fused-ring (bicyclic) bond motifs is 7. The highest BCUT2D eigenvalue weighted by molar-refractivity contribution is 6.05. The number of benzene rings is 7. The van der Waals surface area contributed by atoms with Crippen LogP contribution in [0.4, 0.5) is 17.1 Å². The quantitative estimate of drug-likeness (QED) is 0.189. The molecule has 0 N–H and O–H groups in total. The normalized spacial score (nSPS) is 17.3. The Morgan fingerprint density at radius 2 is 1.20 bits per heavy atom. The molecular formula is C48H31N. The second kappa shape index (κ2) is 9.92. The van der Waals surface area contributed by atoms with Crippen molar-refractivity contribution in [3.05, 3.63) is 209 Å². The van der Waals surface area contributed by atoms with Gasteiger partial charge in [-0.2, -0.15) is 0 Å². The van der Waals surface area contributed by atoms with Crippen molar-refractivity contribution >= 4 is 39.0 Å². The number of hydrogen-bond acceptors (Lipinski definition) is 1. The van der Waals surface area contributed by atoms with Gasteiger partial charge in [0.15, 0.2) is 0 Å². The molecule has 1 nitrogen and oxygen atoms in total. The fourth-order valence-electron chi connectivity index (χ4n) is 9.44. The van der Waals surface area contributed by atoms with Crippen LogP contribution in [0.2, 0.25) is 0 Å². The minimum absolute atomic E-state index is 0.313. The average Bonchev–Trinajstić information content (AvgIpc) is 3.52. The first kappa shape index (κ1) is 26.8. The second-order valence-electron chi connectivity index (χ2n) is 13.6. The van der Waals surface area contributed by atoms with Crippen LogP contribution in [-0.2, 0) is 5.41 Å². The highest BCUT2D eigenvalue weighted by atomic mass is 15.1. The van der Waals surface area contributed by atoms with E-state index in [0.717, 1.165) is 17.8 Å². The van der Waals surface area contributed by atoms with Gasteiger partial charge in [-0.05, 0) is 109 Å². The minimum Gasteiger partial charge on any atom is -0.310 e. The molecule has 0 radical (unpaired) electrons. The third-order valence-electron chi connectivity index (χ3n) is 11.3. The lowest BCUT2D eigenvalue weighted by Gasteiger charge is -2.39. The molecule has 4 aliphatic rings. The van der Waals surface area contributed by atoms with Crippen molar-refractivity contribution in [2.24, 2.45) is 0 Å². The molecule has 0 heterocycles. The van der Waals surface area contributed by atoms with E-state index in [0.29, 0.717) is 0 Å². The highest BCUT2D eigenvalue weighted by Gasteiger charge is 2.56. The van der Waals surface area contributed by atoms with Crippen LogP contribution < -0.4 is 4.90 Å². The molecule has 1 atom stereocenters. The molecule has 4 aliphatic carbocycles. The van der Waals surface area contributed by atoms with Gasteiger partial charge >= 0.3 is 0 Å². The number of para-hydroxylation sites is 2. The standard InChI is InChI=1S/C48H31N/c1-2-16-33(17-3-1)49(46-26-9-7-20-41(46)37-22-10-14-31-13-4-5-18-35(31)37)34-27-28-40-42-24-12-21-36-32-15-11-23-39-38-19-6-8-25-43(38)48(47(36)42,44(39)29-32)45(40)30-34/h1-28,30H,29H2. The van der Waals surface area contributed by atoms with Crippen molar-refractivity contribution in [3.8, 4) is 22.3 Å². The predicted octanol–water partition coefficient (Wildman–Crippen LogP) is 12.4. The first-order valence-corrected chi connectivity index (χ1v) is 17.2. The van der Waals surface area contributed by atoms with Gasteiger partial charge in [-0.25, -0.2) is 0 Å². The predicted molar refractivity (Wildman–Crippen MR) is 204 cm³/mol. The van der Waals surface area contributed by atoms with Crippen molar-refractivity contribution in [2.75, 3.05) is 4.90 Å². The summed E-state index contributed by atoms with van der Waals surface area (Å²) in [6.45, 7) is 0. The van der Waals surface area contributed by atoms with Crippen LogP contribution in [0.3, 0.4) is 0 Å². The number of allylic oxidation sites excluding steroid dienone is 6. The van der Waals surface area contributed by atoms with E-state index in [1.54, 1.807) is 0 Å². The van der Waals surface area contributed by atoms with E-state index in [2.05, 4.69) is 181 Å². The molecule has 11 rings (SSSR count). The van der Waals surface area contributed by atoms with Crippen molar-refractivity contribution in [3.63, 3.8) is 0 Å². The smallest absolute Gasteiger partial charge is 0.0698 e. The summed E-state index contributed by atoms with van der Waals surface area (Å²) < 4.78 is 0. The van der Waals surface area contributed by atoms with Crippen LogP contribution in [0.25, 0.3) is 44.2 Å². The summed E-state index contributed by atoms with van der Waals surface area (Å²) >= 11 is 0. The summed E-state index contributed by atoms with van der Waals surface area (Å²) in [6, 6.07) is 58.5. The van der Waals surface area contributed by atoms with Crippen LogP contribution in [0.5, 0.6) is 0 Å². The van der Waals surface area contributed by atoms with Crippen molar-refractivity contribution < 1.29 is 0 Å². The lowest BCUT2D eigenvalue weighted by atomic mass is 9.63. The Balaban J connectivity index is 1.20. The van der Waals surface area contributed by atoms with Crippen LogP contribution in [0.1, 0.15) is 34.2 Å². The van der Waals surface area contributed by atoms with E-state index in [1.165, 1.54) is 83.3 Å². The van der Waals surface area contributed by atoms with Gasteiger partial charge in [-0.3, -0.25) is 0 Å². The zero-order valence-corrected chi connectivity index (χ0v) is 26.9. The summed E-state index contributed by atoms with van der Waals surface area (Å²) in [5.74, 6) is 0. The molecule has 1 unspecified atom stereocenters. The highest BCUT2D eigenvalue weighted by Crippen LogP contribution is 2.68. The van der Waals surface area contributed by atoms with Crippen LogP contribution in [0, 0.1) is 0 Å². The Kier molecular flexibility index (Phi) is 5.43. The Morgan fingerprint density at radius 1 is 0.490 bits per heavy atom. The molecular weight excluding hydrogens is 591 g/mol. The summed E-state index contributed by atoms with van der Waals surface area (Å²) in [7, 11) is 0. The van der Waals surface area contributed by atoms with Crippen LogP contribution in [-0.4, -0.2) is 0 Å². The maximum atomic E-state index is 2.52. The molecule has 7 aromatic rings. The Hall–Kier alpha value is -6.18. The summed E-state index contributed by atoms with van der Waals surface area (Å²) in [6.07, 6.45) is 7.94. The van der Waals surface area contributed by atoms with Gasteiger partial charge in [0.25, 0.3) is 0 Å². The van der Waals surface area contributed by atoms with Gasteiger partial charge in [-0.1, -0.05) is 146 Å². The Morgan fingerprint density at radius 3 is 2.14 bits per heavy atom. The fraction of sp³-hybridized carbons (Fsp3) is 0.0417. The molecule has 1 spiro atoms. The van der Waals surface area contributed by atoms with Crippen LogP contribution in [0.15, 0.2) is 182 Å². The lowest BCUT2D eigenvalue weighted by molar-refractivity contribution is 0.731. The molecule has 1 heteroatoms. The van der Waals surface area contributed by atoms with Gasteiger partial charge < -0.3 is 4.90 Å². The topological polar surface area (TPSA) is 3.24 Å². The lowest BCUT2D eigenvalue weighted by Crippen LogP contribution is -2.31. The first-order valence-electron chi connectivity index (χ1n) is 17.2. The summed E-state index contributed by atoms with van der Waals surface area (Å²) in [4.78, 5) is 2.47. The first-order chi connectivity index (χ1) is 24.3. The van der Waals surface area contributed by atoms with Gasteiger partial charge in [0.2, 0.25) is 0 Å². The van der Waals surface area contributed by atoms with Gasteiger partial charge in [0.1, 0.15) is 0 Å². The van der Waals surface area contributed by atoms with Gasteiger partial charge in [0, 0.05) is 16.9 Å². The molecule has 0 amide bonds. The fourth-order valence-corrected chi connectivity index (χ4v) is 9.44. The Labute approximate surface area is 286 Å². The van der Waals surface area contributed by atoms with Crippen molar-refractivity contribution in [1.82, 2.24) is 0 Å². The molecule has 2 bridgehead atoms. The minimum atomic E-state index is -0.313. The molecule has 0 aromatic heterocycles. The molecule has 228 valence electrons. The number of rotatable bonds is 4. The number of hydrogen-bond donors (Lipinski definition) is 0. The number of nitrogens with zero attached hydrogens (tertiary/aromatic N) is 1. The third-order valence-corrected chi connectivity index (χ3v) is 11.3. The Bertz CT molecular complexity index is 2630. The monoisotopic (exact) mass is 621 g/mol. The largest absolute Gasteiger partial charge is 0.310 e. The SMILES string of the molecule is C1=CC2=C3CC(=C1)c1cccc4c1C3(c1ccccc12)c1cc(N(c2ccccc2)c2ccccc2-c2cccc3ccccc23)ccc1-4. The molecule has 49 heavy (non-hydrogen) atoms. The number of anilines is 3. The third kappa shape index (κ3) is 3.49. The molecule has 0 aliphatic heterocycles. The molecule has 7 aromatic carbocycles. The van der Waals surface area contributed by atoms with E-state index in [9.17, 15) is 0 Å².